The van der Waals surface area contributed by atoms with Crippen LogP contribution in [0, 0.1) is 11.3 Å². The zero-order chi connectivity index (χ0) is 21.0. The van der Waals surface area contributed by atoms with Crippen molar-refractivity contribution in [1.29, 1.82) is 0 Å². The van der Waals surface area contributed by atoms with Gasteiger partial charge in [0.1, 0.15) is 6.61 Å². The van der Waals surface area contributed by atoms with Gasteiger partial charge in [0.15, 0.2) is 0 Å². The standard InChI is InChI=1S/C24H29NO4/c1-24(2,3)21(22(26)27)13-8-14-25-23(28)29-15-20-18-11-6-4-9-16(18)17-10-5-7-12-19(17)20/h4-7,9-12,20-21H,8,13-15H2,1-3H3,(H,25,28)(H,26,27)/t21-/m1/s1. The maximum Gasteiger partial charge on any atom is 0.407 e. The number of amides is 1. The second-order valence-corrected chi connectivity index (χ2v) is 8.65. The molecular weight excluding hydrogens is 366 g/mol. The average molecular weight is 395 g/mol. The number of rotatable bonds is 7. The van der Waals surface area contributed by atoms with E-state index in [9.17, 15) is 14.7 Å². The highest BCUT2D eigenvalue weighted by molar-refractivity contribution is 5.79. The number of nitrogens with one attached hydrogen (secondary N) is 1. The van der Waals surface area contributed by atoms with Crippen molar-refractivity contribution in [3.8, 4) is 11.1 Å². The van der Waals surface area contributed by atoms with Gasteiger partial charge < -0.3 is 15.2 Å². The SMILES string of the molecule is CC(C)(C)[C@H](CCCNC(=O)OCC1c2ccccc2-c2ccccc21)C(=O)O. The van der Waals surface area contributed by atoms with Gasteiger partial charge in [-0.1, -0.05) is 69.3 Å². The van der Waals surface area contributed by atoms with E-state index in [1.54, 1.807) is 0 Å². The molecule has 2 aromatic rings. The molecule has 0 saturated carbocycles. The first-order valence-corrected chi connectivity index (χ1v) is 10.1. The van der Waals surface area contributed by atoms with Gasteiger partial charge in [0, 0.05) is 12.5 Å². The molecule has 0 spiro atoms. The van der Waals surface area contributed by atoms with E-state index in [2.05, 4.69) is 29.6 Å². The molecule has 0 bridgehead atoms. The maximum atomic E-state index is 12.1. The Hall–Kier alpha value is -2.82. The summed E-state index contributed by atoms with van der Waals surface area (Å²) in [4.78, 5) is 23.6. The van der Waals surface area contributed by atoms with Gasteiger partial charge in [0.25, 0.3) is 0 Å². The van der Waals surface area contributed by atoms with Gasteiger partial charge >= 0.3 is 12.1 Å². The van der Waals surface area contributed by atoms with Crippen molar-refractivity contribution in [2.75, 3.05) is 13.2 Å². The normalized spacial score (nSPS) is 14.0. The van der Waals surface area contributed by atoms with E-state index in [0.29, 0.717) is 19.4 Å². The summed E-state index contributed by atoms with van der Waals surface area (Å²) >= 11 is 0. The van der Waals surface area contributed by atoms with Crippen molar-refractivity contribution < 1.29 is 19.4 Å². The van der Waals surface area contributed by atoms with Gasteiger partial charge in [0.05, 0.1) is 5.92 Å². The Balaban J connectivity index is 1.51. The van der Waals surface area contributed by atoms with E-state index >= 15 is 0 Å². The van der Waals surface area contributed by atoms with Crippen LogP contribution in [-0.4, -0.2) is 30.3 Å². The number of fused-ring (bicyclic) bond motifs is 3. The van der Waals surface area contributed by atoms with E-state index in [4.69, 9.17) is 4.74 Å². The molecule has 154 valence electrons. The summed E-state index contributed by atoms with van der Waals surface area (Å²) in [5, 5.41) is 12.1. The Labute approximate surface area is 172 Å². The van der Waals surface area contributed by atoms with Crippen LogP contribution in [0.1, 0.15) is 50.7 Å². The molecular formula is C24H29NO4. The molecule has 1 atom stereocenters. The second-order valence-electron chi connectivity index (χ2n) is 8.65. The molecule has 3 rings (SSSR count). The first kappa shape index (κ1) is 20.9. The van der Waals surface area contributed by atoms with Crippen LogP contribution in [-0.2, 0) is 9.53 Å². The smallest absolute Gasteiger partial charge is 0.407 e. The lowest BCUT2D eigenvalue weighted by molar-refractivity contribution is -0.145. The van der Waals surface area contributed by atoms with E-state index in [0.717, 1.165) is 0 Å². The number of carbonyl (C=O) groups is 2. The Bertz CT molecular complexity index is 839. The molecule has 5 heteroatoms. The maximum absolute atomic E-state index is 12.1. The van der Waals surface area contributed by atoms with Gasteiger partial charge in [0.2, 0.25) is 0 Å². The fourth-order valence-corrected chi connectivity index (χ4v) is 4.07. The predicted octanol–water partition coefficient (Wildman–Crippen LogP) is 5.05. The van der Waals surface area contributed by atoms with Crippen LogP contribution in [0.4, 0.5) is 4.79 Å². The Morgan fingerprint density at radius 3 is 2.10 bits per heavy atom. The molecule has 2 aromatic carbocycles. The number of carboxylic acid groups (broad SMARTS) is 1. The van der Waals surface area contributed by atoms with E-state index in [-0.39, 0.29) is 17.9 Å². The van der Waals surface area contributed by atoms with Crippen molar-refractivity contribution in [2.24, 2.45) is 11.3 Å². The third-order valence-electron chi connectivity index (χ3n) is 5.63. The first-order valence-electron chi connectivity index (χ1n) is 10.1. The Morgan fingerprint density at radius 1 is 1.03 bits per heavy atom. The van der Waals surface area contributed by atoms with Gasteiger partial charge in [-0.2, -0.15) is 0 Å². The Kier molecular flexibility index (Phi) is 6.26. The number of carbonyl (C=O) groups excluding carboxylic acids is 1. The van der Waals surface area contributed by atoms with Gasteiger partial charge in [-0.25, -0.2) is 4.79 Å². The van der Waals surface area contributed by atoms with Crippen molar-refractivity contribution >= 4 is 12.1 Å². The Morgan fingerprint density at radius 2 is 1.59 bits per heavy atom. The van der Waals surface area contributed by atoms with Crippen LogP contribution < -0.4 is 5.32 Å². The third-order valence-corrected chi connectivity index (χ3v) is 5.63. The lowest BCUT2D eigenvalue weighted by atomic mass is 9.78. The summed E-state index contributed by atoms with van der Waals surface area (Å²) in [7, 11) is 0. The summed E-state index contributed by atoms with van der Waals surface area (Å²) in [6.07, 6.45) is 0.649. The molecule has 0 saturated heterocycles. The summed E-state index contributed by atoms with van der Waals surface area (Å²) in [6.45, 7) is 6.44. The molecule has 0 aliphatic heterocycles. The van der Waals surface area contributed by atoms with Crippen molar-refractivity contribution in [1.82, 2.24) is 5.32 Å². The number of hydrogen-bond donors (Lipinski definition) is 2. The summed E-state index contributed by atoms with van der Waals surface area (Å²) in [6, 6.07) is 16.4. The molecule has 0 radical (unpaired) electrons. The predicted molar refractivity (Wildman–Crippen MR) is 113 cm³/mol. The number of ether oxygens (including phenoxy) is 1. The highest BCUT2D eigenvalue weighted by atomic mass is 16.5. The zero-order valence-corrected chi connectivity index (χ0v) is 17.3. The number of benzene rings is 2. The molecule has 0 heterocycles. The topological polar surface area (TPSA) is 75.6 Å². The first-order chi connectivity index (χ1) is 13.8. The van der Waals surface area contributed by atoms with Crippen LogP contribution in [0.3, 0.4) is 0 Å². The number of alkyl carbamates (subject to hydrolysis) is 1. The molecule has 2 N–H and O–H groups in total. The fourth-order valence-electron chi connectivity index (χ4n) is 4.07. The van der Waals surface area contributed by atoms with Crippen LogP contribution in [0.15, 0.2) is 48.5 Å². The fraction of sp³-hybridized carbons (Fsp3) is 0.417. The zero-order valence-electron chi connectivity index (χ0n) is 17.3. The molecule has 1 aliphatic carbocycles. The lowest BCUT2D eigenvalue weighted by Gasteiger charge is -2.26. The molecule has 5 nitrogen and oxygen atoms in total. The third kappa shape index (κ3) is 4.78. The van der Waals surface area contributed by atoms with E-state index < -0.39 is 18.0 Å². The van der Waals surface area contributed by atoms with Crippen LogP contribution in [0.5, 0.6) is 0 Å². The number of aliphatic carboxylic acids is 1. The molecule has 0 unspecified atom stereocenters. The molecule has 29 heavy (non-hydrogen) atoms. The molecule has 0 aromatic heterocycles. The lowest BCUT2D eigenvalue weighted by Crippen LogP contribution is -2.31. The molecule has 1 amide bonds. The minimum Gasteiger partial charge on any atom is -0.481 e. The molecule has 0 fully saturated rings. The van der Waals surface area contributed by atoms with Crippen LogP contribution >= 0.6 is 0 Å². The van der Waals surface area contributed by atoms with Crippen LogP contribution in [0.25, 0.3) is 11.1 Å². The highest BCUT2D eigenvalue weighted by Crippen LogP contribution is 2.44. The van der Waals surface area contributed by atoms with Gasteiger partial charge in [-0.05, 0) is 40.5 Å². The largest absolute Gasteiger partial charge is 0.481 e. The quantitative estimate of drug-likeness (QED) is 0.643. The van der Waals surface area contributed by atoms with Gasteiger partial charge in [-0.15, -0.1) is 0 Å². The molecule has 1 aliphatic rings. The monoisotopic (exact) mass is 395 g/mol. The van der Waals surface area contributed by atoms with Crippen molar-refractivity contribution in [3.63, 3.8) is 0 Å². The summed E-state index contributed by atoms with van der Waals surface area (Å²) in [5.41, 5.74) is 4.43. The number of hydrogen-bond acceptors (Lipinski definition) is 3. The second kappa shape index (κ2) is 8.68. The van der Waals surface area contributed by atoms with E-state index in [1.807, 2.05) is 45.0 Å². The van der Waals surface area contributed by atoms with Crippen LogP contribution in [0.2, 0.25) is 0 Å². The minimum atomic E-state index is -0.793. The van der Waals surface area contributed by atoms with Crippen molar-refractivity contribution in [2.45, 2.75) is 39.5 Å². The highest BCUT2D eigenvalue weighted by Gasteiger charge is 2.31. The van der Waals surface area contributed by atoms with E-state index in [1.165, 1.54) is 22.3 Å². The minimum absolute atomic E-state index is 0.0328. The van der Waals surface area contributed by atoms with Crippen molar-refractivity contribution in [3.05, 3.63) is 59.7 Å². The summed E-state index contributed by atoms with van der Waals surface area (Å²) in [5.74, 6) is -1.20. The average Bonchev–Trinajstić information content (AvgIpc) is 2.99. The summed E-state index contributed by atoms with van der Waals surface area (Å²) < 4.78 is 5.50. The number of carboxylic acids is 1. The van der Waals surface area contributed by atoms with Gasteiger partial charge in [-0.3, -0.25) is 4.79 Å².